The number of para-hydroxylation sites is 2. The Balaban J connectivity index is 1.54. The number of methoxy groups -OCH3 is 1. The quantitative estimate of drug-likeness (QED) is 0.254. The minimum atomic E-state index is -0.577. The molecule has 7 heteroatoms. The Labute approximate surface area is 245 Å². The number of benzene rings is 3. The van der Waals surface area contributed by atoms with E-state index in [0.29, 0.717) is 34.1 Å². The molecule has 0 fully saturated rings. The number of nitrogens with zero attached hydrogens (tertiary/aromatic N) is 2. The van der Waals surface area contributed by atoms with E-state index >= 15 is 0 Å². The molecule has 0 saturated carbocycles. The maximum Gasteiger partial charge on any atom is 0.339 e. The fourth-order valence-electron chi connectivity index (χ4n) is 5.35. The van der Waals surface area contributed by atoms with Crippen molar-refractivity contribution in [1.29, 1.82) is 5.26 Å². The van der Waals surface area contributed by atoms with Gasteiger partial charge in [0.05, 0.1) is 35.1 Å². The highest BCUT2D eigenvalue weighted by Gasteiger charge is 2.35. The lowest BCUT2D eigenvalue weighted by atomic mass is 9.69. The van der Waals surface area contributed by atoms with Crippen LogP contribution in [0, 0.1) is 22.7 Å². The summed E-state index contributed by atoms with van der Waals surface area (Å²) in [5, 5.41) is 12.7. The van der Waals surface area contributed by atoms with Crippen LogP contribution >= 0.6 is 0 Å². The second-order valence-electron chi connectivity index (χ2n) is 11.5. The molecule has 1 aromatic heterocycles. The first-order valence-electron chi connectivity index (χ1n) is 13.9. The Bertz CT molecular complexity index is 1730. The molecule has 0 aliphatic heterocycles. The average Bonchev–Trinajstić information content (AvgIpc) is 2.99. The number of hydrogen-bond donors (Lipinski definition) is 1. The zero-order valence-electron chi connectivity index (χ0n) is 24.2. The lowest BCUT2D eigenvalue weighted by Crippen LogP contribution is -2.29. The Hall–Kier alpha value is -4.96. The topological polar surface area (TPSA) is 101 Å². The number of amides is 1. The third kappa shape index (κ3) is 6.03. The number of carbonyl (C=O) groups is 2. The number of ether oxygens (including phenoxy) is 2. The molecule has 0 radical (unpaired) electrons. The number of allylic oxidation sites excluding steroid dienone is 1. The first-order valence-corrected chi connectivity index (χ1v) is 13.9. The van der Waals surface area contributed by atoms with Crippen molar-refractivity contribution in [2.75, 3.05) is 19.0 Å². The van der Waals surface area contributed by atoms with Gasteiger partial charge in [-0.3, -0.25) is 4.79 Å². The van der Waals surface area contributed by atoms with Gasteiger partial charge in [0.15, 0.2) is 6.61 Å². The molecule has 0 bridgehead atoms. The molecular formula is C35H33N3O4. The number of nitrogens with one attached hydrogen (secondary N) is 1. The van der Waals surface area contributed by atoms with E-state index in [2.05, 4.69) is 32.2 Å². The summed E-state index contributed by atoms with van der Waals surface area (Å²) in [7, 11) is 1.64. The first kappa shape index (κ1) is 28.6. The maximum atomic E-state index is 13.8. The zero-order valence-corrected chi connectivity index (χ0v) is 24.2. The van der Waals surface area contributed by atoms with Gasteiger partial charge >= 0.3 is 5.97 Å². The van der Waals surface area contributed by atoms with Crippen LogP contribution in [0.5, 0.6) is 5.75 Å². The summed E-state index contributed by atoms with van der Waals surface area (Å²) in [6, 6.07) is 24.1. The van der Waals surface area contributed by atoms with Gasteiger partial charge in [-0.2, -0.15) is 5.26 Å². The highest BCUT2D eigenvalue weighted by Crippen LogP contribution is 2.45. The molecule has 212 valence electrons. The molecule has 3 aromatic carbocycles. The zero-order chi connectivity index (χ0) is 29.9. The molecule has 5 rings (SSSR count). The summed E-state index contributed by atoms with van der Waals surface area (Å²) in [6.07, 6.45) is 3.60. The van der Waals surface area contributed by atoms with E-state index in [0.717, 1.165) is 34.6 Å². The number of aromatic nitrogens is 1. The van der Waals surface area contributed by atoms with Crippen LogP contribution < -0.4 is 10.1 Å². The minimum absolute atomic E-state index is 0.0302. The van der Waals surface area contributed by atoms with Gasteiger partial charge in [0.1, 0.15) is 11.8 Å². The number of hydrogen-bond acceptors (Lipinski definition) is 6. The number of fused-ring (bicyclic) bond motifs is 2. The summed E-state index contributed by atoms with van der Waals surface area (Å²) < 4.78 is 10.9. The van der Waals surface area contributed by atoms with Gasteiger partial charge < -0.3 is 14.8 Å². The van der Waals surface area contributed by atoms with E-state index in [1.54, 1.807) is 31.4 Å². The maximum absolute atomic E-state index is 13.8. The van der Waals surface area contributed by atoms with Crippen LogP contribution in [0.2, 0.25) is 0 Å². The molecule has 42 heavy (non-hydrogen) atoms. The van der Waals surface area contributed by atoms with E-state index in [-0.39, 0.29) is 11.3 Å². The van der Waals surface area contributed by atoms with Crippen LogP contribution in [0.4, 0.5) is 5.69 Å². The smallest absolute Gasteiger partial charge is 0.339 e. The van der Waals surface area contributed by atoms with E-state index in [9.17, 15) is 14.9 Å². The molecule has 0 saturated heterocycles. The third-order valence-electron chi connectivity index (χ3n) is 7.76. The summed E-state index contributed by atoms with van der Waals surface area (Å²) in [5.74, 6) is -0.0734. The van der Waals surface area contributed by atoms with Gasteiger partial charge in [-0.15, -0.1) is 0 Å². The fourth-order valence-corrected chi connectivity index (χ4v) is 5.35. The molecular weight excluding hydrogens is 526 g/mol. The normalized spacial score (nSPS) is 15.5. The van der Waals surface area contributed by atoms with Gasteiger partial charge in [-0.25, -0.2) is 9.78 Å². The lowest BCUT2D eigenvalue weighted by molar-refractivity contribution is -0.119. The largest absolute Gasteiger partial charge is 0.497 e. The molecule has 1 amide bonds. The molecule has 7 nitrogen and oxygen atoms in total. The molecule has 4 aromatic rings. The van der Waals surface area contributed by atoms with E-state index < -0.39 is 18.5 Å². The fraction of sp³-hybridized carbons (Fsp3) is 0.257. The van der Waals surface area contributed by atoms with Crippen LogP contribution in [-0.2, 0) is 16.0 Å². The van der Waals surface area contributed by atoms with Gasteiger partial charge in [-0.05, 0) is 77.3 Å². The number of carbonyl (C=O) groups excluding carboxylic acids is 2. The average molecular weight is 560 g/mol. The molecule has 1 aliphatic carbocycles. The second kappa shape index (κ2) is 11.9. The summed E-state index contributed by atoms with van der Waals surface area (Å²) in [6.45, 7) is 6.15. The summed E-state index contributed by atoms with van der Waals surface area (Å²) in [5.41, 5.74) is 5.47. The molecule has 1 aliphatic rings. The van der Waals surface area contributed by atoms with Crippen LogP contribution in [0.1, 0.15) is 59.9 Å². The Morgan fingerprint density at radius 3 is 2.45 bits per heavy atom. The molecule has 0 spiro atoms. The highest BCUT2D eigenvalue weighted by molar-refractivity contribution is 6.07. The summed E-state index contributed by atoms with van der Waals surface area (Å²) in [4.78, 5) is 31.6. The van der Waals surface area contributed by atoms with Gasteiger partial charge in [0.2, 0.25) is 0 Å². The monoisotopic (exact) mass is 559 g/mol. The highest BCUT2D eigenvalue weighted by atomic mass is 16.5. The number of pyridine rings is 1. The summed E-state index contributed by atoms with van der Waals surface area (Å²) >= 11 is 0. The predicted molar refractivity (Wildman–Crippen MR) is 164 cm³/mol. The number of anilines is 1. The van der Waals surface area contributed by atoms with Crippen molar-refractivity contribution in [2.45, 2.75) is 33.6 Å². The van der Waals surface area contributed by atoms with Crippen molar-refractivity contribution in [2.24, 2.45) is 11.3 Å². The van der Waals surface area contributed by atoms with E-state index in [1.807, 2.05) is 54.6 Å². The van der Waals surface area contributed by atoms with Crippen molar-refractivity contribution in [1.82, 2.24) is 4.98 Å². The Morgan fingerprint density at radius 2 is 1.74 bits per heavy atom. The van der Waals surface area contributed by atoms with Gasteiger partial charge in [0, 0.05) is 5.39 Å². The van der Waals surface area contributed by atoms with E-state index in [1.165, 1.54) is 0 Å². The number of rotatable bonds is 6. The Kier molecular flexibility index (Phi) is 8.08. The predicted octanol–water partition coefficient (Wildman–Crippen LogP) is 7.06. The second-order valence-corrected chi connectivity index (χ2v) is 11.5. The lowest BCUT2D eigenvalue weighted by Gasteiger charge is -2.36. The molecule has 1 N–H and O–H groups in total. The first-order chi connectivity index (χ1) is 20.2. The van der Waals surface area contributed by atoms with Crippen molar-refractivity contribution >= 4 is 40.1 Å². The van der Waals surface area contributed by atoms with Crippen LogP contribution in [0.15, 0.2) is 72.8 Å². The van der Waals surface area contributed by atoms with Crippen LogP contribution in [0.3, 0.4) is 0 Å². The van der Waals surface area contributed by atoms with Gasteiger partial charge in [-0.1, -0.05) is 63.2 Å². The molecule has 1 atom stereocenters. The number of esters is 1. The van der Waals surface area contributed by atoms with Crippen molar-refractivity contribution in [3.63, 3.8) is 0 Å². The molecule has 1 unspecified atom stereocenters. The van der Waals surface area contributed by atoms with Crippen LogP contribution in [0.25, 0.3) is 22.6 Å². The standard InChI is InChI=1S/C35H33N3O4/c1-35(2,3)25-18-24(17-22-13-15-26(41-4)16-14-22)33-28(19-25)32(27-10-6-8-12-30(27)38-33)34(40)42-21-31(39)37-29-11-7-5-9-23(29)20-36/h5-17,25H,18-19,21H2,1-4H3,(H,37,39)/b24-17+. The van der Waals surface area contributed by atoms with Gasteiger partial charge in [0.25, 0.3) is 5.91 Å². The Morgan fingerprint density at radius 1 is 1.02 bits per heavy atom. The van der Waals surface area contributed by atoms with Crippen molar-refractivity contribution in [3.8, 4) is 11.8 Å². The van der Waals surface area contributed by atoms with Crippen molar-refractivity contribution < 1.29 is 19.1 Å². The van der Waals surface area contributed by atoms with Crippen molar-refractivity contribution in [3.05, 3.63) is 101 Å². The number of nitriles is 1. The molecule has 1 heterocycles. The van der Waals surface area contributed by atoms with Crippen LogP contribution in [-0.4, -0.2) is 30.6 Å². The van der Waals surface area contributed by atoms with E-state index in [4.69, 9.17) is 14.5 Å². The third-order valence-corrected chi connectivity index (χ3v) is 7.76. The SMILES string of the molecule is COc1ccc(/C=C2\CC(C(C)(C)C)Cc3c2nc2ccccc2c3C(=O)OCC(=O)Nc2ccccc2C#N)cc1. The minimum Gasteiger partial charge on any atom is -0.497 e.